The van der Waals surface area contributed by atoms with Crippen molar-refractivity contribution in [1.82, 2.24) is 0 Å². The summed E-state index contributed by atoms with van der Waals surface area (Å²) in [7, 11) is 0. The highest BCUT2D eigenvalue weighted by Gasteiger charge is 2.26. The second-order valence-electron chi connectivity index (χ2n) is 3.83. The van der Waals surface area contributed by atoms with Crippen LogP contribution in [-0.4, -0.2) is 21.4 Å². The van der Waals surface area contributed by atoms with Gasteiger partial charge in [0.1, 0.15) is 0 Å². The molecule has 0 bridgehead atoms. The van der Waals surface area contributed by atoms with Gasteiger partial charge in [-0.15, -0.1) is 23.5 Å². The molecule has 0 saturated heterocycles. The molecule has 0 aromatic heterocycles. The molecular formula is C12H13ClO2S2. The van der Waals surface area contributed by atoms with Gasteiger partial charge in [0.2, 0.25) is 0 Å². The molecule has 92 valence electrons. The average molecular weight is 289 g/mol. The molecule has 1 aromatic carbocycles. The van der Waals surface area contributed by atoms with E-state index in [0.29, 0.717) is 9.60 Å². The van der Waals surface area contributed by atoms with Gasteiger partial charge in [-0.05, 0) is 36.3 Å². The van der Waals surface area contributed by atoms with Crippen LogP contribution >= 0.6 is 35.1 Å². The van der Waals surface area contributed by atoms with Gasteiger partial charge in [-0.1, -0.05) is 18.5 Å². The Bertz CT molecular complexity index is 448. The summed E-state index contributed by atoms with van der Waals surface area (Å²) in [5.41, 5.74) is 1.22. The van der Waals surface area contributed by atoms with Crippen LogP contribution in [0.3, 0.4) is 0 Å². The van der Waals surface area contributed by atoms with Gasteiger partial charge in [0.25, 0.3) is 0 Å². The fourth-order valence-electron chi connectivity index (χ4n) is 1.76. The Balaban J connectivity index is 2.21. The van der Waals surface area contributed by atoms with Crippen LogP contribution in [0.4, 0.5) is 0 Å². The summed E-state index contributed by atoms with van der Waals surface area (Å²) in [4.78, 5) is 12.1. The van der Waals surface area contributed by atoms with E-state index in [2.05, 4.69) is 6.92 Å². The molecule has 1 N–H and O–H groups in total. The summed E-state index contributed by atoms with van der Waals surface area (Å²) in [5.74, 6) is 0.183. The number of hydrogen-bond donors (Lipinski definition) is 1. The van der Waals surface area contributed by atoms with Gasteiger partial charge >= 0.3 is 5.97 Å². The molecule has 2 nitrogen and oxygen atoms in total. The molecule has 0 spiro atoms. The van der Waals surface area contributed by atoms with Gasteiger partial charge in [0.05, 0.1) is 15.2 Å². The van der Waals surface area contributed by atoms with E-state index in [1.165, 1.54) is 0 Å². The monoisotopic (exact) mass is 288 g/mol. The van der Waals surface area contributed by atoms with Crippen molar-refractivity contribution in [3.63, 3.8) is 0 Å². The normalized spacial score (nSPS) is 18.1. The first-order valence-electron chi connectivity index (χ1n) is 5.46. The van der Waals surface area contributed by atoms with Crippen LogP contribution in [-0.2, 0) is 6.42 Å². The van der Waals surface area contributed by atoms with Crippen LogP contribution in [0.5, 0.6) is 0 Å². The van der Waals surface area contributed by atoms with E-state index in [9.17, 15) is 4.79 Å². The minimum absolute atomic E-state index is 0.215. The van der Waals surface area contributed by atoms with E-state index in [0.717, 1.165) is 29.1 Å². The SMILES string of the molecule is CCCSC1Cc2c(ccc(C(=O)O)c2Cl)S1. The molecule has 1 aliphatic heterocycles. The third-order valence-corrected chi connectivity index (χ3v) is 5.94. The third-order valence-electron chi connectivity index (χ3n) is 2.57. The van der Waals surface area contributed by atoms with Crippen molar-refractivity contribution in [3.05, 3.63) is 28.3 Å². The Morgan fingerprint density at radius 1 is 1.65 bits per heavy atom. The third kappa shape index (κ3) is 2.75. The molecule has 0 amide bonds. The molecule has 0 saturated carbocycles. The van der Waals surface area contributed by atoms with E-state index in [4.69, 9.17) is 16.7 Å². The van der Waals surface area contributed by atoms with Crippen molar-refractivity contribution >= 4 is 41.1 Å². The number of thioether (sulfide) groups is 2. The smallest absolute Gasteiger partial charge is 0.337 e. The van der Waals surface area contributed by atoms with Crippen molar-refractivity contribution in [1.29, 1.82) is 0 Å². The fourth-order valence-corrected chi connectivity index (χ4v) is 4.80. The zero-order valence-corrected chi connectivity index (χ0v) is 11.8. The maximum atomic E-state index is 11.0. The molecule has 1 unspecified atom stereocenters. The molecule has 5 heteroatoms. The first-order valence-corrected chi connectivity index (χ1v) is 7.77. The summed E-state index contributed by atoms with van der Waals surface area (Å²) >= 11 is 9.86. The lowest BCUT2D eigenvalue weighted by Gasteiger charge is -2.05. The lowest BCUT2D eigenvalue weighted by atomic mass is 10.1. The summed E-state index contributed by atoms with van der Waals surface area (Å²) in [5, 5.41) is 9.43. The van der Waals surface area contributed by atoms with Crippen LogP contribution in [0.25, 0.3) is 0 Å². The molecular weight excluding hydrogens is 276 g/mol. The second kappa shape index (κ2) is 5.55. The van der Waals surface area contributed by atoms with Gasteiger partial charge in [0, 0.05) is 4.90 Å². The number of carboxylic acids is 1. The standard InChI is InChI=1S/C12H13ClO2S2/c1-2-5-16-10-6-8-9(17-10)4-3-7(11(8)13)12(14)15/h3-4,10H,2,5-6H2,1H3,(H,14,15). The maximum Gasteiger partial charge on any atom is 0.337 e. The van der Waals surface area contributed by atoms with Crippen molar-refractivity contribution in [2.45, 2.75) is 29.2 Å². The van der Waals surface area contributed by atoms with Gasteiger partial charge in [-0.3, -0.25) is 0 Å². The van der Waals surface area contributed by atoms with Crippen LogP contribution in [0.2, 0.25) is 5.02 Å². The first-order chi connectivity index (χ1) is 8.13. The highest BCUT2D eigenvalue weighted by molar-refractivity contribution is 8.17. The fraction of sp³-hybridized carbons (Fsp3) is 0.417. The molecule has 1 aromatic rings. The average Bonchev–Trinajstić information content (AvgIpc) is 2.70. The summed E-state index contributed by atoms with van der Waals surface area (Å²) < 4.78 is 0.478. The maximum absolute atomic E-state index is 11.0. The predicted octanol–water partition coefficient (Wildman–Crippen LogP) is 4.16. The van der Waals surface area contributed by atoms with Crippen LogP contribution in [0, 0.1) is 0 Å². The van der Waals surface area contributed by atoms with Crippen LogP contribution in [0.15, 0.2) is 17.0 Å². The number of rotatable bonds is 4. The van der Waals surface area contributed by atoms with Crippen molar-refractivity contribution < 1.29 is 9.90 Å². The number of carbonyl (C=O) groups is 1. The quantitative estimate of drug-likeness (QED) is 0.903. The van der Waals surface area contributed by atoms with Crippen LogP contribution in [0.1, 0.15) is 29.3 Å². The Labute approximate surface area is 114 Å². The number of halogens is 1. The zero-order chi connectivity index (χ0) is 12.4. The van der Waals surface area contributed by atoms with E-state index in [-0.39, 0.29) is 5.56 Å². The molecule has 0 aliphatic carbocycles. The zero-order valence-electron chi connectivity index (χ0n) is 9.40. The summed E-state index contributed by atoms with van der Waals surface area (Å²) in [6.07, 6.45) is 2.02. The number of hydrogen-bond acceptors (Lipinski definition) is 3. The van der Waals surface area contributed by atoms with Crippen molar-refractivity contribution in [3.8, 4) is 0 Å². The van der Waals surface area contributed by atoms with Crippen molar-refractivity contribution in [2.24, 2.45) is 0 Å². The molecule has 1 heterocycles. The molecule has 0 radical (unpaired) electrons. The second-order valence-corrected chi connectivity index (χ2v) is 7.06. The molecule has 0 fully saturated rings. The largest absolute Gasteiger partial charge is 0.478 e. The Hall–Kier alpha value is -0.320. The number of aromatic carboxylic acids is 1. The van der Waals surface area contributed by atoms with Crippen LogP contribution < -0.4 is 0 Å². The predicted molar refractivity (Wildman–Crippen MR) is 74.5 cm³/mol. The highest BCUT2D eigenvalue weighted by atomic mass is 35.5. The summed E-state index contributed by atoms with van der Waals surface area (Å²) in [6.45, 7) is 2.16. The van der Waals surface area contributed by atoms with E-state index >= 15 is 0 Å². The molecule has 2 rings (SSSR count). The minimum Gasteiger partial charge on any atom is -0.478 e. The van der Waals surface area contributed by atoms with Gasteiger partial charge in [-0.25, -0.2) is 4.79 Å². The van der Waals surface area contributed by atoms with E-state index in [1.807, 2.05) is 17.8 Å². The summed E-state index contributed by atoms with van der Waals surface area (Å²) in [6, 6.07) is 3.48. The van der Waals surface area contributed by atoms with Gasteiger partial charge in [-0.2, -0.15) is 0 Å². The van der Waals surface area contributed by atoms with Crippen molar-refractivity contribution in [2.75, 3.05) is 5.75 Å². The minimum atomic E-state index is -0.951. The highest BCUT2D eigenvalue weighted by Crippen LogP contribution is 2.45. The Morgan fingerprint density at radius 3 is 3.06 bits per heavy atom. The first kappa shape index (κ1) is 13.1. The number of benzene rings is 1. The lowest BCUT2D eigenvalue weighted by Crippen LogP contribution is -2.01. The molecule has 1 atom stereocenters. The van der Waals surface area contributed by atoms with E-state index < -0.39 is 5.97 Å². The Morgan fingerprint density at radius 2 is 2.41 bits per heavy atom. The van der Waals surface area contributed by atoms with Gasteiger partial charge < -0.3 is 5.11 Å². The topological polar surface area (TPSA) is 37.3 Å². The van der Waals surface area contributed by atoms with E-state index in [1.54, 1.807) is 17.8 Å². The lowest BCUT2D eigenvalue weighted by molar-refractivity contribution is 0.0697. The number of carboxylic acid groups (broad SMARTS) is 1. The number of fused-ring (bicyclic) bond motifs is 1. The molecule has 17 heavy (non-hydrogen) atoms. The van der Waals surface area contributed by atoms with Gasteiger partial charge in [0.15, 0.2) is 0 Å². The molecule has 1 aliphatic rings. The Kier molecular flexibility index (Phi) is 4.28.